The normalized spacial score (nSPS) is 10.4. The minimum atomic E-state index is -0.346. The number of hydrogen-bond donors (Lipinski definition) is 2. The number of aryl methyl sites for hydroxylation is 1. The highest BCUT2D eigenvalue weighted by atomic mass is 35.5. The molecule has 1 aromatic carbocycles. The molecule has 5 nitrogen and oxygen atoms in total. The van der Waals surface area contributed by atoms with E-state index in [2.05, 4.69) is 15.6 Å². The van der Waals surface area contributed by atoms with Crippen molar-refractivity contribution in [1.29, 1.82) is 0 Å². The average molecular weight is 348 g/mol. The summed E-state index contributed by atoms with van der Waals surface area (Å²) in [5.74, 6) is 0. The van der Waals surface area contributed by atoms with Gasteiger partial charge in [0.2, 0.25) is 0 Å². The number of nitrogens with zero attached hydrogens (tertiary/aromatic N) is 2. The van der Waals surface area contributed by atoms with Crippen LogP contribution < -0.4 is 10.6 Å². The van der Waals surface area contributed by atoms with Crippen LogP contribution in [0, 0.1) is 0 Å². The molecule has 0 unspecified atom stereocenters. The molecule has 21 heavy (non-hydrogen) atoms. The number of urea groups is 1. The lowest BCUT2D eigenvalue weighted by molar-refractivity contribution is 0.252. The lowest BCUT2D eigenvalue weighted by Crippen LogP contribution is -2.30. The molecule has 1 heterocycles. The van der Waals surface area contributed by atoms with E-state index in [4.69, 9.17) is 34.8 Å². The zero-order valence-corrected chi connectivity index (χ0v) is 13.2. The Morgan fingerprint density at radius 1 is 1.19 bits per heavy atom. The third kappa shape index (κ3) is 4.81. The number of anilines is 1. The predicted molar refractivity (Wildman–Crippen MR) is 85.3 cm³/mol. The Labute approximate surface area is 137 Å². The molecule has 0 aliphatic carbocycles. The number of nitrogens with one attached hydrogen (secondary N) is 2. The number of imidazole rings is 1. The Morgan fingerprint density at radius 3 is 2.67 bits per heavy atom. The van der Waals surface area contributed by atoms with E-state index in [9.17, 15) is 4.79 Å². The Hall–Kier alpha value is -1.43. The molecule has 8 heteroatoms. The van der Waals surface area contributed by atoms with Crippen LogP contribution in [0.1, 0.15) is 6.42 Å². The number of carbonyl (C=O) groups excluding carboxylic acids is 1. The fraction of sp³-hybridized carbons (Fsp3) is 0.231. The van der Waals surface area contributed by atoms with Crippen molar-refractivity contribution in [3.63, 3.8) is 0 Å². The van der Waals surface area contributed by atoms with Crippen LogP contribution in [0.15, 0.2) is 30.9 Å². The van der Waals surface area contributed by atoms with Gasteiger partial charge in [-0.3, -0.25) is 0 Å². The molecule has 2 amide bonds. The fourth-order valence-electron chi connectivity index (χ4n) is 1.67. The van der Waals surface area contributed by atoms with E-state index in [0.29, 0.717) is 27.3 Å². The summed E-state index contributed by atoms with van der Waals surface area (Å²) in [6.07, 6.45) is 6.11. The van der Waals surface area contributed by atoms with Gasteiger partial charge in [-0.15, -0.1) is 0 Å². The predicted octanol–water partition coefficient (Wildman–Crippen LogP) is 4.06. The molecular formula is C13H13Cl3N4O. The van der Waals surface area contributed by atoms with Crippen molar-refractivity contribution >= 4 is 46.5 Å². The van der Waals surface area contributed by atoms with E-state index in [0.717, 1.165) is 13.0 Å². The molecule has 0 aliphatic heterocycles. The fourth-order valence-corrected chi connectivity index (χ4v) is 2.26. The summed E-state index contributed by atoms with van der Waals surface area (Å²) >= 11 is 17.7. The summed E-state index contributed by atoms with van der Waals surface area (Å²) in [5, 5.41) is 6.37. The lowest BCUT2D eigenvalue weighted by Gasteiger charge is -2.10. The zero-order chi connectivity index (χ0) is 15.2. The van der Waals surface area contributed by atoms with E-state index < -0.39 is 0 Å². The third-order valence-electron chi connectivity index (χ3n) is 2.70. The van der Waals surface area contributed by atoms with Crippen LogP contribution in [0.2, 0.25) is 15.1 Å². The summed E-state index contributed by atoms with van der Waals surface area (Å²) < 4.78 is 1.94. The molecule has 0 aliphatic rings. The van der Waals surface area contributed by atoms with E-state index in [1.807, 2.05) is 10.8 Å². The van der Waals surface area contributed by atoms with Crippen molar-refractivity contribution < 1.29 is 4.79 Å². The first-order valence-electron chi connectivity index (χ1n) is 6.21. The SMILES string of the molecule is O=C(NCCCn1ccnc1)Nc1cc(Cl)c(Cl)cc1Cl. The number of amides is 2. The topological polar surface area (TPSA) is 59.0 Å². The number of aromatic nitrogens is 2. The van der Waals surface area contributed by atoms with Crippen LogP contribution >= 0.6 is 34.8 Å². The second-order valence-electron chi connectivity index (χ2n) is 4.28. The number of rotatable bonds is 5. The van der Waals surface area contributed by atoms with Crippen LogP contribution in [0.5, 0.6) is 0 Å². The maximum Gasteiger partial charge on any atom is 0.319 e. The van der Waals surface area contributed by atoms with Crippen LogP contribution in [-0.2, 0) is 6.54 Å². The molecule has 0 radical (unpaired) electrons. The molecule has 112 valence electrons. The van der Waals surface area contributed by atoms with Gasteiger partial charge < -0.3 is 15.2 Å². The molecule has 0 fully saturated rings. The Morgan fingerprint density at radius 2 is 1.95 bits per heavy atom. The van der Waals surface area contributed by atoms with Crippen molar-refractivity contribution in [3.05, 3.63) is 45.9 Å². The zero-order valence-electron chi connectivity index (χ0n) is 10.9. The van der Waals surface area contributed by atoms with Crippen LogP contribution in [0.25, 0.3) is 0 Å². The number of carbonyl (C=O) groups is 1. The highest BCUT2D eigenvalue weighted by Gasteiger charge is 2.08. The summed E-state index contributed by atoms with van der Waals surface area (Å²) in [6, 6.07) is 2.65. The Kier molecular flexibility index (Phi) is 5.73. The van der Waals surface area contributed by atoms with Gasteiger partial charge in [-0.25, -0.2) is 9.78 Å². The largest absolute Gasteiger partial charge is 0.338 e. The molecule has 1 aromatic heterocycles. The molecular weight excluding hydrogens is 335 g/mol. The van der Waals surface area contributed by atoms with Crippen molar-refractivity contribution in [2.45, 2.75) is 13.0 Å². The van der Waals surface area contributed by atoms with Crippen LogP contribution in [0.4, 0.5) is 10.5 Å². The van der Waals surface area contributed by atoms with E-state index in [1.54, 1.807) is 12.5 Å². The average Bonchev–Trinajstić information content (AvgIpc) is 2.94. The van der Waals surface area contributed by atoms with Crippen molar-refractivity contribution in [2.75, 3.05) is 11.9 Å². The minimum absolute atomic E-state index is 0.330. The molecule has 2 aromatic rings. The monoisotopic (exact) mass is 346 g/mol. The van der Waals surface area contributed by atoms with Gasteiger partial charge in [0, 0.05) is 25.5 Å². The molecule has 0 spiro atoms. The lowest BCUT2D eigenvalue weighted by atomic mass is 10.3. The van der Waals surface area contributed by atoms with Crippen molar-refractivity contribution in [1.82, 2.24) is 14.9 Å². The second-order valence-corrected chi connectivity index (χ2v) is 5.50. The van der Waals surface area contributed by atoms with E-state index in [-0.39, 0.29) is 6.03 Å². The third-order valence-corrected chi connectivity index (χ3v) is 3.73. The van der Waals surface area contributed by atoms with Crippen LogP contribution in [-0.4, -0.2) is 22.1 Å². The second kappa shape index (κ2) is 7.54. The van der Waals surface area contributed by atoms with Gasteiger partial charge in [0.15, 0.2) is 0 Å². The summed E-state index contributed by atoms with van der Waals surface area (Å²) in [7, 11) is 0. The van der Waals surface area contributed by atoms with Crippen LogP contribution in [0.3, 0.4) is 0 Å². The van der Waals surface area contributed by atoms with Gasteiger partial charge in [-0.05, 0) is 18.6 Å². The van der Waals surface area contributed by atoms with Crippen molar-refractivity contribution in [2.24, 2.45) is 0 Å². The summed E-state index contributed by atoms with van der Waals surface area (Å²) in [4.78, 5) is 15.7. The van der Waals surface area contributed by atoms with Gasteiger partial charge in [-0.2, -0.15) is 0 Å². The summed E-state index contributed by atoms with van der Waals surface area (Å²) in [5.41, 5.74) is 0.415. The molecule has 2 rings (SSSR count). The van der Waals surface area contributed by atoms with E-state index in [1.165, 1.54) is 12.1 Å². The smallest absolute Gasteiger partial charge is 0.319 e. The van der Waals surface area contributed by atoms with Gasteiger partial charge in [0.05, 0.1) is 27.1 Å². The summed E-state index contributed by atoms with van der Waals surface area (Å²) in [6.45, 7) is 1.32. The van der Waals surface area contributed by atoms with Gasteiger partial charge >= 0.3 is 6.03 Å². The highest BCUT2D eigenvalue weighted by Crippen LogP contribution is 2.32. The first-order valence-corrected chi connectivity index (χ1v) is 7.35. The number of halogens is 3. The maximum absolute atomic E-state index is 11.7. The van der Waals surface area contributed by atoms with E-state index >= 15 is 0 Å². The quantitative estimate of drug-likeness (QED) is 0.633. The number of benzene rings is 1. The first kappa shape index (κ1) is 15.9. The van der Waals surface area contributed by atoms with Crippen molar-refractivity contribution in [3.8, 4) is 0 Å². The molecule has 0 saturated carbocycles. The first-order chi connectivity index (χ1) is 10.1. The maximum atomic E-state index is 11.7. The highest BCUT2D eigenvalue weighted by molar-refractivity contribution is 6.44. The Bertz CT molecular complexity index is 616. The molecule has 2 N–H and O–H groups in total. The molecule has 0 saturated heterocycles. The molecule has 0 bridgehead atoms. The van der Waals surface area contributed by atoms with Gasteiger partial charge in [0.25, 0.3) is 0 Å². The molecule has 0 atom stereocenters. The Balaban J connectivity index is 1.78. The standard InChI is InChI=1S/C13H13Cl3N4O/c14-9-6-11(16)12(7-10(9)15)19-13(21)18-2-1-4-20-5-3-17-8-20/h3,5-8H,1-2,4H2,(H2,18,19,21). The minimum Gasteiger partial charge on any atom is -0.338 e. The number of hydrogen-bond acceptors (Lipinski definition) is 2. The van der Waals surface area contributed by atoms with Gasteiger partial charge in [0.1, 0.15) is 0 Å². The van der Waals surface area contributed by atoms with Gasteiger partial charge in [-0.1, -0.05) is 34.8 Å².